The molecule has 1 unspecified atom stereocenters. The fourth-order valence-electron chi connectivity index (χ4n) is 3.14. The number of fused-ring (bicyclic) bond motifs is 1. The second-order valence-corrected chi connectivity index (χ2v) is 5.89. The van der Waals surface area contributed by atoms with Gasteiger partial charge in [0, 0.05) is 12.5 Å². The molecule has 1 heterocycles. The highest BCUT2D eigenvalue weighted by molar-refractivity contribution is 5.42. The summed E-state index contributed by atoms with van der Waals surface area (Å²) in [6.45, 7) is 2.89. The molecule has 0 amide bonds. The van der Waals surface area contributed by atoms with Crippen molar-refractivity contribution >= 4 is 0 Å². The van der Waals surface area contributed by atoms with Gasteiger partial charge in [0.05, 0.1) is 19.9 Å². The minimum Gasteiger partial charge on any atom is -0.496 e. The Kier molecular flexibility index (Phi) is 4.78. The molecular formula is C18H24N2O2. The van der Waals surface area contributed by atoms with E-state index < -0.39 is 0 Å². The molecule has 1 aromatic heterocycles. The van der Waals surface area contributed by atoms with E-state index in [9.17, 15) is 0 Å². The molecular weight excluding hydrogens is 276 g/mol. The predicted molar refractivity (Wildman–Crippen MR) is 86.1 cm³/mol. The minimum absolute atomic E-state index is 0.485. The van der Waals surface area contributed by atoms with Gasteiger partial charge < -0.3 is 14.5 Å². The number of methoxy groups -OCH3 is 1. The van der Waals surface area contributed by atoms with E-state index in [-0.39, 0.29) is 0 Å². The lowest BCUT2D eigenvalue weighted by Crippen LogP contribution is -2.34. The lowest BCUT2D eigenvalue weighted by molar-refractivity contribution is 0.384. The first-order chi connectivity index (χ1) is 10.8. The highest BCUT2D eigenvalue weighted by atomic mass is 16.5. The van der Waals surface area contributed by atoms with Crippen molar-refractivity contribution in [1.29, 1.82) is 0 Å². The molecule has 0 bridgehead atoms. The summed E-state index contributed by atoms with van der Waals surface area (Å²) >= 11 is 0. The molecule has 0 aliphatic heterocycles. The van der Waals surface area contributed by atoms with E-state index in [2.05, 4.69) is 35.4 Å². The van der Waals surface area contributed by atoms with Gasteiger partial charge in [-0.1, -0.05) is 19.1 Å². The Hall–Kier alpha value is -1.81. The zero-order chi connectivity index (χ0) is 15.4. The van der Waals surface area contributed by atoms with Crippen molar-refractivity contribution in [3.63, 3.8) is 0 Å². The number of hydrogen-bond donors (Lipinski definition) is 1. The monoisotopic (exact) mass is 300 g/mol. The van der Waals surface area contributed by atoms with Gasteiger partial charge in [-0.05, 0) is 42.9 Å². The van der Waals surface area contributed by atoms with Crippen LogP contribution in [0, 0.1) is 0 Å². The van der Waals surface area contributed by atoms with Crippen LogP contribution >= 0.6 is 0 Å². The van der Waals surface area contributed by atoms with Gasteiger partial charge in [-0.15, -0.1) is 0 Å². The van der Waals surface area contributed by atoms with Gasteiger partial charge in [-0.2, -0.15) is 0 Å². The number of oxazole rings is 1. The third-order valence-corrected chi connectivity index (χ3v) is 4.29. The summed E-state index contributed by atoms with van der Waals surface area (Å²) in [4.78, 5) is 4.31. The molecule has 0 radical (unpaired) electrons. The van der Waals surface area contributed by atoms with Crippen molar-refractivity contribution in [3.8, 4) is 5.75 Å². The van der Waals surface area contributed by atoms with E-state index in [1.54, 1.807) is 7.11 Å². The molecule has 1 aromatic carbocycles. The summed E-state index contributed by atoms with van der Waals surface area (Å²) < 4.78 is 11.2. The smallest absolute Gasteiger partial charge is 0.194 e. The van der Waals surface area contributed by atoms with Crippen molar-refractivity contribution in [2.75, 3.05) is 7.11 Å². The van der Waals surface area contributed by atoms with Gasteiger partial charge in [0.2, 0.25) is 0 Å². The van der Waals surface area contributed by atoms with Crippen molar-refractivity contribution < 1.29 is 9.15 Å². The average Bonchev–Trinajstić information content (AvgIpc) is 3.00. The van der Waals surface area contributed by atoms with Gasteiger partial charge in [-0.3, -0.25) is 0 Å². The first-order valence-corrected chi connectivity index (χ1v) is 8.12. The van der Waals surface area contributed by atoms with Crippen LogP contribution in [0.15, 0.2) is 28.8 Å². The Morgan fingerprint density at radius 2 is 2.32 bits per heavy atom. The fraction of sp³-hybridized carbons (Fsp3) is 0.500. The van der Waals surface area contributed by atoms with E-state index in [0.29, 0.717) is 6.04 Å². The molecule has 1 atom stereocenters. The van der Waals surface area contributed by atoms with Crippen LogP contribution in [0.4, 0.5) is 0 Å². The number of nitrogens with one attached hydrogen (secondary N) is 1. The molecule has 118 valence electrons. The maximum absolute atomic E-state index is 5.73. The molecule has 3 rings (SSSR count). The number of hydrogen-bond acceptors (Lipinski definition) is 4. The number of aromatic nitrogens is 1. The molecule has 22 heavy (non-hydrogen) atoms. The second-order valence-electron chi connectivity index (χ2n) is 5.89. The summed E-state index contributed by atoms with van der Waals surface area (Å²) in [6.07, 6.45) is 7.06. The lowest BCUT2D eigenvalue weighted by Gasteiger charge is -2.26. The van der Waals surface area contributed by atoms with Crippen molar-refractivity contribution in [3.05, 3.63) is 47.2 Å². The van der Waals surface area contributed by atoms with Gasteiger partial charge in [0.1, 0.15) is 11.5 Å². The van der Waals surface area contributed by atoms with Gasteiger partial charge in [-0.25, -0.2) is 4.98 Å². The number of rotatable bonds is 6. The first-order valence-electron chi connectivity index (χ1n) is 8.12. The fourth-order valence-corrected chi connectivity index (χ4v) is 3.14. The maximum atomic E-state index is 5.73. The second kappa shape index (κ2) is 6.97. The molecule has 1 aliphatic rings. The number of aryl methyl sites for hydroxylation is 1. The van der Waals surface area contributed by atoms with E-state index in [1.807, 2.05) is 6.20 Å². The molecule has 0 spiro atoms. The Labute approximate surface area is 131 Å². The van der Waals surface area contributed by atoms with Crippen LogP contribution in [0.25, 0.3) is 0 Å². The quantitative estimate of drug-likeness (QED) is 0.889. The van der Waals surface area contributed by atoms with Crippen LogP contribution < -0.4 is 10.1 Å². The molecule has 1 aliphatic carbocycles. The molecule has 4 heteroatoms. The van der Waals surface area contributed by atoms with Crippen molar-refractivity contribution in [2.45, 2.75) is 51.6 Å². The van der Waals surface area contributed by atoms with Crippen LogP contribution in [0.3, 0.4) is 0 Å². The van der Waals surface area contributed by atoms with Crippen LogP contribution in [0.1, 0.15) is 42.5 Å². The SMILES string of the molecule is CCCc1ncc(CNC2CCc3c(cccc3OC)C2)o1. The van der Waals surface area contributed by atoms with Gasteiger partial charge in [0.15, 0.2) is 5.89 Å². The normalized spacial score (nSPS) is 17.3. The number of benzene rings is 1. The Bertz CT molecular complexity index is 621. The summed E-state index contributed by atoms with van der Waals surface area (Å²) in [7, 11) is 1.75. The Balaban J connectivity index is 1.58. The first kappa shape index (κ1) is 15.1. The maximum Gasteiger partial charge on any atom is 0.194 e. The van der Waals surface area contributed by atoms with Gasteiger partial charge >= 0.3 is 0 Å². The van der Waals surface area contributed by atoms with Crippen LogP contribution in [-0.4, -0.2) is 18.1 Å². The predicted octanol–water partition coefficient (Wildman–Crippen LogP) is 3.28. The molecule has 0 saturated heterocycles. The highest BCUT2D eigenvalue weighted by Crippen LogP contribution is 2.29. The van der Waals surface area contributed by atoms with E-state index in [4.69, 9.17) is 9.15 Å². The summed E-state index contributed by atoms with van der Waals surface area (Å²) in [5.74, 6) is 2.80. The Morgan fingerprint density at radius 1 is 1.41 bits per heavy atom. The standard InChI is InChI=1S/C18H24N2O2/c1-3-5-18-20-12-15(22-18)11-19-14-8-9-16-13(10-14)6-4-7-17(16)21-2/h4,6-7,12,14,19H,3,5,8-11H2,1-2H3. The Morgan fingerprint density at radius 3 is 3.14 bits per heavy atom. The third-order valence-electron chi connectivity index (χ3n) is 4.29. The highest BCUT2D eigenvalue weighted by Gasteiger charge is 2.21. The van der Waals surface area contributed by atoms with Crippen molar-refractivity contribution in [1.82, 2.24) is 10.3 Å². The molecule has 2 aromatic rings. The topological polar surface area (TPSA) is 47.3 Å². The zero-order valence-corrected chi connectivity index (χ0v) is 13.4. The number of nitrogens with zero attached hydrogens (tertiary/aromatic N) is 1. The van der Waals surface area contributed by atoms with Crippen molar-refractivity contribution in [2.24, 2.45) is 0 Å². The zero-order valence-electron chi connectivity index (χ0n) is 13.4. The van der Waals surface area contributed by atoms with Crippen LogP contribution in [0.2, 0.25) is 0 Å². The summed E-state index contributed by atoms with van der Waals surface area (Å²) in [5.41, 5.74) is 2.76. The third kappa shape index (κ3) is 3.33. The minimum atomic E-state index is 0.485. The molecule has 0 fully saturated rings. The van der Waals surface area contributed by atoms with E-state index >= 15 is 0 Å². The van der Waals surface area contributed by atoms with Gasteiger partial charge in [0.25, 0.3) is 0 Å². The van der Waals surface area contributed by atoms with E-state index in [0.717, 1.165) is 56.0 Å². The molecule has 1 N–H and O–H groups in total. The number of ether oxygens (including phenoxy) is 1. The van der Waals surface area contributed by atoms with E-state index in [1.165, 1.54) is 11.1 Å². The largest absolute Gasteiger partial charge is 0.496 e. The van der Waals surface area contributed by atoms with Crippen LogP contribution in [0.5, 0.6) is 5.75 Å². The molecule has 0 saturated carbocycles. The lowest BCUT2D eigenvalue weighted by atomic mass is 9.87. The summed E-state index contributed by atoms with van der Waals surface area (Å²) in [5, 5.41) is 3.60. The molecule has 4 nitrogen and oxygen atoms in total. The van der Waals surface area contributed by atoms with Crippen LogP contribution in [-0.2, 0) is 25.8 Å². The average molecular weight is 300 g/mol. The summed E-state index contributed by atoms with van der Waals surface area (Å²) in [6, 6.07) is 6.82.